The van der Waals surface area contributed by atoms with Crippen LogP contribution in [0.4, 0.5) is 11.5 Å². The monoisotopic (exact) mass is 205 g/mol. The van der Waals surface area contributed by atoms with E-state index >= 15 is 0 Å². The first kappa shape index (κ1) is 10.2. The molecular weight excluding hydrogens is 198 g/mol. The van der Waals surface area contributed by atoms with Crippen molar-refractivity contribution in [2.45, 2.75) is 0 Å². The zero-order chi connectivity index (χ0) is 9.84. The zero-order valence-corrected chi connectivity index (χ0v) is 7.50. The van der Waals surface area contributed by atoms with E-state index in [1.165, 1.54) is 19.2 Å². The fourth-order valence-electron chi connectivity index (χ4n) is 0.782. The molecule has 13 heavy (non-hydrogen) atoms. The van der Waals surface area contributed by atoms with E-state index < -0.39 is 5.23 Å². The van der Waals surface area contributed by atoms with Gasteiger partial charge in [0.15, 0.2) is 0 Å². The van der Waals surface area contributed by atoms with Gasteiger partial charge in [-0.1, -0.05) is 11.6 Å². The minimum atomic E-state index is -1.09. The number of quaternary nitrogens is 1. The molecule has 0 radical (unpaired) electrons. The molecule has 0 fully saturated rings. The lowest BCUT2D eigenvalue weighted by atomic mass is 10.4. The molecule has 0 saturated carbocycles. The number of nitrogens with zero attached hydrogens (tertiary/aromatic N) is 1. The molecule has 0 aliphatic heterocycles. The molecule has 1 aromatic heterocycles. The molecule has 3 N–H and O–H groups in total. The molecule has 0 amide bonds. The average molecular weight is 206 g/mol. The van der Waals surface area contributed by atoms with E-state index in [1.54, 1.807) is 0 Å². The van der Waals surface area contributed by atoms with Gasteiger partial charge < -0.3 is 5.21 Å². The Morgan fingerprint density at radius 3 is 2.92 bits per heavy atom. The van der Waals surface area contributed by atoms with Gasteiger partial charge in [-0.3, -0.25) is 4.84 Å². The van der Waals surface area contributed by atoms with Crippen LogP contribution in [0.1, 0.15) is 0 Å². The van der Waals surface area contributed by atoms with Gasteiger partial charge in [0.2, 0.25) is 11.5 Å². The van der Waals surface area contributed by atoms with Crippen LogP contribution in [0, 0.1) is 5.21 Å². The van der Waals surface area contributed by atoms with E-state index in [4.69, 9.17) is 16.8 Å². The highest BCUT2D eigenvalue weighted by Crippen LogP contribution is 2.17. The first-order chi connectivity index (χ1) is 6.15. The van der Waals surface area contributed by atoms with Gasteiger partial charge in [0.05, 0.1) is 7.11 Å². The van der Waals surface area contributed by atoms with Crippen LogP contribution < -0.4 is 10.7 Å². The van der Waals surface area contributed by atoms with E-state index in [0.717, 1.165) is 0 Å². The zero-order valence-electron chi connectivity index (χ0n) is 6.74. The van der Waals surface area contributed by atoms with E-state index in [2.05, 4.69) is 15.3 Å². The van der Waals surface area contributed by atoms with E-state index in [-0.39, 0.29) is 16.7 Å². The molecule has 1 atom stereocenters. The van der Waals surface area contributed by atoms with Crippen molar-refractivity contribution in [2.24, 2.45) is 0 Å². The fraction of sp³-hybridized carbons (Fsp3) is 0.167. The van der Waals surface area contributed by atoms with Crippen LogP contribution in [0.15, 0.2) is 12.1 Å². The van der Waals surface area contributed by atoms with Gasteiger partial charge in [0.1, 0.15) is 5.15 Å². The summed E-state index contributed by atoms with van der Waals surface area (Å²) in [7, 11) is 1.36. The van der Waals surface area contributed by atoms with Crippen LogP contribution in [-0.4, -0.2) is 17.3 Å². The van der Waals surface area contributed by atoms with Crippen molar-refractivity contribution in [3.63, 3.8) is 0 Å². The quantitative estimate of drug-likeness (QED) is 0.482. The molecular formula is C6H8ClN3O3. The first-order valence-corrected chi connectivity index (χ1v) is 3.71. The van der Waals surface area contributed by atoms with Crippen LogP contribution >= 0.6 is 11.6 Å². The lowest BCUT2D eigenvalue weighted by Gasteiger charge is -2.14. The Labute approximate surface area is 79.2 Å². The molecule has 0 aromatic carbocycles. The maximum absolute atomic E-state index is 10.6. The Hall–Kier alpha value is -0.920. The third kappa shape index (κ3) is 2.51. The normalized spacial score (nSPS) is 12.6. The number of aromatic nitrogens is 1. The summed E-state index contributed by atoms with van der Waals surface area (Å²) in [4.78, 5) is 8.27. The van der Waals surface area contributed by atoms with Gasteiger partial charge in [0.25, 0.3) is 0 Å². The number of hydrogen-bond acceptors (Lipinski definition) is 5. The Morgan fingerprint density at radius 2 is 2.38 bits per heavy atom. The summed E-state index contributed by atoms with van der Waals surface area (Å²) in [6.07, 6.45) is 0. The number of halogens is 1. The van der Waals surface area contributed by atoms with E-state index in [1.807, 2.05) is 0 Å². The van der Waals surface area contributed by atoms with Crippen molar-refractivity contribution >= 4 is 23.1 Å². The summed E-state index contributed by atoms with van der Waals surface area (Å²) in [5.74, 6) is 0.0856. The van der Waals surface area contributed by atoms with Crippen molar-refractivity contribution in [1.82, 2.24) is 4.98 Å². The number of hydrogen-bond donors (Lipinski definition) is 3. The topological polar surface area (TPSA) is 81.9 Å². The Morgan fingerprint density at radius 1 is 1.69 bits per heavy atom. The predicted octanol–water partition coefficient (Wildman–Crippen LogP) is 0.112. The van der Waals surface area contributed by atoms with Crippen LogP contribution in [-0.2, 0) is 4.84 Å². The lowest BCUT2D eigenvalue weighted by molar-refractivity contribution is -0.991. The molecule has 0 spiro atoms. The highest BCUT2D eigenvalue weighted by atomic mass is 35.5. The lowest BCUT2D eigenvalue weighted by Crippen LogP contribution is -2.99. The van der Waals surface area contributed by atoms with Crippen molar-refractivity contribution < 1.29 is 15.3 Å². The number of nitrogens with one attached hydrogen (secondary N) is 2. The second-order valence-corrected chi connectivity index (χ2v) is 2.53. The molecule has 0 bridgehead atoms. The van der Waals surface area contributed by atoms with Gasteiger partial charge in [-0.25, -0.2) is 15.7 Å². The third-order valence-electron chi connectivity index (χ3n) is 1.29. The second kappa shape index (κ2) is 4.35. The minimum absolute atomic E-state index is 0.00579. The highest BCUT2D eigenvalue weighted by Gasteiger charge is 2.10. The van der Waals surface area contributed by atoms with Gasteiger partial charge in [-0.15, -0.1) is 0 Å². The van der Waals surface area contributed by atoms with Crippen molar-refractivity contribution in [3.8, 4) is 0 Å². The van der Waals surface area contributed by atoms with Crippen molar-refractivity contribution in [1.29, 1.82) is 0 Å². The fourth-order valence-corrected chi connectivity index (χ4v) is 0.930. The third-order valence-corrected chi connectivity index (χ3v) is 1.50. The molecule has 1 aromatic rings. The summed E-state index contributed by atoms with van der Waals surface area (Å²) < 4.78 is 0. The van der Waals surface area contributed by atoms with E-state index in [0.29, 0.717) is 0 Å². The maximum atomic E-state index is 10.6. The molecule has 6 nitrogen and oxygen atoms in total. The summed E-state index contributed by atoms with van der Waals surface area (Å²) in [5.41, 5.74) is 2.33. The van der Waals surface area contributed by atoms with Crippen LogP contribution in [0.25, 0.3) is 0 Å². The largest absolute Gasteiger partial charge is 0.595 e. The standard InChI is InChI=1S/C6H8ClN3O3/c1-13-9-6-4(10(11)12)2-3-5(7)8-6/h2-3,10-11H,1H3,(H,8,9). The molecule has 0 aliphatic carbocycles. The first-order valence-electron chi connectivity index (χ1n) is 3.34. The summed E-state index contributed by atoms with van der Waals surface area (Å²) >= 11 is 5.56. The minimum Gasteiger partial charge on any atom is -0.595 e. The molecule has 7 heteroatoms. The number of rotatable bonds is 3. The molecule has 1 heterocycles. The maximum Gasteiger partial charge on any atom is 0.217 e. The summed E-state index contributed by atoms with van der Waals surface area (Å²) in [5, 5.41) is 18.4. The highest BCUT2D eigenvalue weighted by molar-refractivity contribution is 6.29. The number of anilines is 1. The molecule has 1 rings (SSSR count). The Balaban J connectivity index is 3.03. The van der Waals surface area contributed by atoms with Crippen LogP contribution in [0.3, 0.4) is 0 Å². The molecule has 72 valence electrons. The predicted molar refractivity (Wildman–Crippen MR) is 45.7 cm³/mol. The number of pyridine rings is 1. The van der Waals surface area contributed by atoms with Crippen LogP contribution in [0.2, 0.25) is 5.15 Å². The Bertz CT molecular complexity index is 294. The van der Waals surface area contributed by atoms with Gasteiger partial charge in [-0.2, -0.15) is 5.23 Å². The van der Waals surface area contributed by atoms with Crippen LogP contribution in [0.5, 0.6) is 0 Å². The Kier molecular flexibility index (Phi) is 3.40. The van der Waals surface area contributed by atoms with E-state index in [9.17, 15) is 5.21 Å². The average Bonchev–Trinajstić information content (AvgIpc) is 2.04. The molecule has 0 saturated heterocycles. The summed E-state index contributed by atoms with van der Waals surface area (Å²) in [6, 6.07) is 2.74. The van der Waals surface area contributed by atoms with Gasteiger partial charge >= 0.3 is 0 Å². The van der Waals surface area contributed by atoms with Crippen molar-refractivity contribution in [2.75, 3.05) is 12.6 Å². The smallest absolute Gasteiger partial charge is 0.217 e. The van der Waals surface area contributed by atoms with Crippen molar-refractivity contribution in [3.05, 3.63) is 22.5 Å². The second-order valence-electron chi connectivity index (χ2n) is 2.14. The van der Waals surface area contributed by atoms with Gasteiger partial charge in [-0.05, 0) is 6.07 Å². The molecule has 1 unspecified atom stereocenters. The SMILES string of the molecule is CONc1nc(Cl)ccc1[NH+]([O-])O. The summed E-state index contributed by atoms with van der Waals surface area (Å²) in [6.45, 7) is 0. The molecule has 0 aliphatic rings. The van der Waals surface area contributed by atoms with Gasteiger partial charge in [0, 0.05) is 6.07 Å².